The summed E-state index contributed by atoms with van der Waals surface area (Å²) in [6, 6.07) is 11.9. The lowest BCUT2D eigenvalue weighted by Crippen LogP contribution is -2.13. The van der Waals surface area contributed by atoms with E-state index in [1.54, 1.807) is 31.4 Å². The first kappa shape index (κ1) is 16.8. The van der Waals surface area contributed by atoms with Crippen molar-refractivity contribution in [1.29, 1.82) is 0 Å². The smallest absolute Gasteiger partial charge is 0.322 e. The van der Waals surface area contributed by atoms with Crippen molar-refractivity contribution >= 4 is 23.5 Å². The Balaban J connectivity index is 1.84. The standard InChI is InChI=1S/C17H14ClN3O4/c1-23-13-6-4-3-5-11(13)16-20-21-17(25-16)19-15(22)12-9-10(18)7-8-14(12)24-2/h3-9H,1-2H3,(H,19,21,22). The SMILES string of the molecule is COc1ccc(Cl)cc1C(=O)Nc1nnc(-c2ccccc2OC)o1. The maximum atomic E-state index is 12.4. The Morgan fingerprint density at radius 3 is 2.60 bits per heavy atom. The van der Waals surface area contributed by atoms with E-state index in [9.17, 15) is 4.79 Å². The van der Waals surface area contributed by atoms with Gasteiger partial charge in [-0.3, -0.25) is 10.1 Å². The normalized spacial score (nSPS) is 10.4. The molecule has 1 aromatic heterocycles. The van der Waals surface area contributed by atoms with Crippen LogP contribution in [0.3, 0.4) is 0 Å². The van der Waals surface area contributed by atoms with Crippen LogP contribution in [0.5, 0.6) is 11.5 Å². The van der Waals surface area contributed by atoms with E-state index < -0.39 is 5.91 Å². The highest BCUT2D eigenvalue weighted by atomic mass is 35.5. The molecule has 0 aliphatic carbocycles. The lowest BCUT2D eigenvalue weighted by Gasteiger charge is -2.07. The highest BCUT2D eigenvalue weighted by Crippen LogP contribution is 2.29. The molecular weight excluding hydrogens is 346 g/mol. The first-order valence-corrected chi connectivity index (χ1v) is 7.62. The lowest BCUT2D eigenvalue weighted by atomic mass is 10.2. The topological polar surface area (TPSA) is 86.5 Å². The number of anilines is 1. The third kappa shape index (κ3) is 3.56. The van der Waals surface area contributed by atoms with Crippen LogP contribution in [0.25, 0.3) is 11.5 Å². The van der Waals surface area contributed by atoms with E-state index in [-0.39, 0.29) is 17.5 Å². The molecule has 0 spiro atoms. The number of benzene rings is 2. The van der Waals surface area contributed by atoms with Gasteiger partial charge in [0.25, 0.3) is 11.8 Å². The molecule has 0 aliphatic heterocycles. The second kappa shape index (κ2) is 7.23. The second-order valence-corrected chi connectivity index (χ2v) is 5.35. The maximum absolute atomic E-state index is 12.4. The van der Waals surface area contributed by atoms with Gasteiger partial charge in [-0.15, -0.1) is 5.10 Å². The summed E-state index contributed by atoms with van der Waals surface area (Å²) in [5.41, 5.74) is 0.880. The summed E-state index contributed by atoms with van der Waals surface area (Å²) in [6.45, 7) is 0. The minimum atomic E-state index is -0.477. The first-order valence-electron chi connectivity index (χ1n) is 7.24. The number of hydrogen-bond donors (Lipinski definition) is 1. The van der Waals surface area contributed by atoms with Gasteiger partial charge in [-0.25, -0.2) is 0 Å². The van der Waals surface area contributed by atoms with Crippen LogP contribution < -0.4 is 14.8 Å². The molecule has 0 saturated heterocycles. The van der Waals surface area contributed by atoms with Crippen molar-refractivity contribution in [2.24, 2.45) is 0 Å². The average molecular weight is 360 g/mol. The van der Waals surface area contributed by atoms with E-state index in [0.717, 1.165) is 0 Å². The second-order valence-electron chi connectivity index (χ2n) is 4.91. The molecule has 0 fully saturated rings. The molecule has 3 rings (SSSR count). The number of hydrogen-bond acceptors (Lipinski definition) is 6. The van der Waals surface area contributed by atoms with E-state index in [1.807, 2.05) is 12.1 Å². The van der Waals surface area contributed by atoms with Crippen molar-refractivity contribution in [2.45, 2.75) is 0 Å². The van der Waals surface area contributed by atoms with Gasteiger partial charge in [-0.1, -0.05) is 28.8 Å². The van der Waals surface area contributed by atoms with E-state index in [2.05, 4.69) is 15.5 Å². The van der Waals surface area contributed by atoms with Crippen LogP contribution in [-0.4, -0.2) is 30.3 Å². The number of amides is 1. The first-order chi connectivity index (χ1) is 12.1. The molecule has 1 amide bonds. The van der Waals surface area contributed by atoms with Gasteiger partial charge < -0.3 is 13.9 Å². The van der Waals surface area contributed by atoms with E-state index in [0.29, 0.717) is 22.1 Å². The lowest BCUT2D eigenvalue weighted by molar-refractivity contribution is 0.102. The van der Waals surface area contributed by atoms with Crippen LogP contribution in [-0.2, 0) is 0 Å². The molecule has 2 aromatic carbocycles. The number of nitrogens with one attached hydrogen (secondary N) is 1. The van der Waals surface area contributed by atoms with Crippen molar-refractivity contribution in [2.75, 3.05) is 19.5 Å². The van der Waals surface area contributed by atoms with Crippen molar-refractivity contribution in [3.05, 3.63) is 53.1 Å². The van der Waals surface area contributed by atoms with E-state index in [1.165, 1.54) is 13.2 Å². The monoisotopic (exact) mass is 359 g/mol. The minimum Gasteiger partial charge on any atom is -0.496 e. The quantitative estimate of drug-likeness (QED) is 0.748. The van der Waals surface area contributed by atoms with Gasteiger partial charge in [0, 0.05) is 5.02 Å². The minimum absolute atomic E-state index is 0.0482. The van der Waals surface area contributed by atoms with Crippen molar-refractivity contribution in [3.63, 3.8) is 0 Å². The number of para-hydroxylation sites is 1. The van der Waals surface area contributed by atoms with Gasteiger partial charge >= 0.3 is 6.01 Å². The number of carbonyl (C=O) groups excluding carboxylic acids is 1. The van der Waals surface area contributed by atoms with Gasteiger partial charge in [0.05, 0.1) is 25.3 Å². The molecule has 1 N–H and O–H groups in total. The Labute approximate surface area is 148 Å². The van der Waals surface area contributed by atoms with Crippen LogP contribution >= 0.6 is 11.6 Å². The Kier molecular flexibility index (Phi) is 4.85. The molecule has 0 radical (unpaired) electrons. The predicted octanol–water partition coefficient (Wildman–Crippen LogP) is 3.66. The summed E-state index contributed by atoms with van der Waals surface area (Å²) in [6.07, 6.45) is 0. The fraction of sp³-hybridized carbons (Fsp3) is 0.118. The third-order valence-corrected chi connectivity index (χ3v) is 3.62. The van der Waals surface area contributed by atoms with Gasteiger partial charge in [0.2, 0.25) is 0 Å². The number of carbonyl (C=O) groups is 1. The van der Waals surface area contributed by atoms with Gasteiger partial charge in [0.15, 0.2) is 0 Å². The Morgan fingerprint density at radius 2 is 1.84 bits per heavy atom. The van der Waals surface area contributed by atoms with Crippen LogP contribution in [0.2, 0.25) is 5.02 Å². The predicted molar refractivity (Wildman–Crippen MR) is 92.2 cm³/mol. The van der Waals surface area contributed by atoms with Crippen molar-refractivity contribution in [1.82, 2.24) is 10.2 Å². The molecule has 0 aliphatic rings. The maximum Gasteiger partial charge on any atom is 0.322 e. The van der Waals surface area contributed by atoms with Crippen molar-refractivity contribution in [3.8, 4) is 23.0 Å². The average Bonchev–Trinajstić information content (AvgIpc) is 3.09. The molecule has 0 atom stereocenters. The molecule has 0 bridgehead atoms. The molecular formula is C17H14ClN3O4. The summed E-state index contributed by atoms with van der Waals surface area (Å²) in [7, 11) is 3.01. The highest BCUT2D eigenvalue weighted by molar-refractivity contribution is 6.31. The Hall–Kier alpha value is -3.06. The van der Waals surface area contributed by atoms with E-state index >= 15 is 0 Å². The zero-order chi connectivity index (χ0) is 17.8. The molecule has 128 valence electrons. The fourth-order valence-electron chi connectivity index (χ4n) is 2.23. The Morgan fingerprint density at radius 1 is 1.08 bits per heavy atom. The largest absolute Gasteiger partial charge is 0.496 e. The molecule has 8 heteroatoms. The van der Waals surface area contributed by atoms with Crippen LogP contribution in [0.4, 0.5) is 6.01 Å². The van der Waals surface area contributed by atoms with E-state index in [4.69, 9.17) is 25.5 Å². The van der Waals surface area contributed by atoms with Crippen molar-refractivity contribution < 1.29 is 18.7 Å². The summed E-state index contributed by atoms with van der Waals surface area (Å²) in [5.74, 6) is 0.715. The number of nitrogens with zero attached hydrogens (tertiary/aromatic N) is 2. The molecule has 7 nitrogen and oxygen atoms in total. The highest BCUT2D eigenvalue weighted by Gasteiger charge is 2.18. The summed E-state index contributed by atoms with van der Waals surface area (Å²) < 4.78 is 15.9. The zero-order valence-corrected chi connectivity index (χ0v) is 14.2. The molecule has 25 heavy (non-hydrogen) atoms. The zero-order valence-electron chi connectivity index (χ0n) is 13.4. The van der Waals surface area contributed by atoms with Crippen LogP contribution in [0.1, 0.15) is 10.4 Å². The number of aromatic nitrogens is 2. The molecule has 1 heterocycles. The molecule has 3 aromatic rings. The summed E-state index contributed by atoms with van der Waals surface area (Å²) >= 11 is 5.94. The third-order valence-electron chi connectivity index (χ3n) is 3.39. The fourth-order valence-corrected chi connectivity index (χ4v) is 2.40. The molecule has 0 unspecified atom stereocenters. The van der Waals surface area contributed by atoms with Crippen LogP contribution in [0.15, 0.2) is 46.9 Å². The number of methoxy groups -OCH3 is 2. The number of rotatable bonds is 5. The van der Waals surface area contributed by atoms with Crippen LogP contribution in [0, 0.1) is 0 Å². The number of halogens is 1. The summed E-state index contributed by atoms with van der Waals surface area (Å²) in [4.78, 5) is 12.4. The van der Waals surface area contributed by atoms with Gasteiger partial charge in [-0.05, 0) is 30.3 Å². The van der Waals surface area contributed by atoms with Gasteiger partial charge in [0.1, 0.15) is 11.5 Å². The molecule has 0 saturated carbocycles. The number of ether oxygens (including phenoxy) is 2. The Bertz CT molecular complexity index is 910. The summed E-state index contributed by atoms with van der Waals surface area (Å²) in [5, 5.41) is 10.7. The van der Waals surface area contributed by atoms with Gasteiger partial charge in [-0.2, -0.15) is 0 Å².